The predicted octanol–water partition coefficient (Wildman–Crippen LogP) is 4.13. The van der Waals surface area contributed by atoms with Crippen molar-refractivity contribution in [3.05, 3.63) is 59.7 Å². The summed E-state index contributed by atoms with van der Waals surface area (Å²) in [5.41, 5.74) is 1.56. The van der Waals surface area contributed by atoms with Crippen molar-refractivity contribution >= 4 is 17.4 Å². The van der Waals surface area contributed by atoms with E-state index in [-0.39, 0.29) is 5.78 Å². The summed E-state index contributed by atoms with van der Waals surface area (Å²) in [5.74, 6) is 1.26. The van der Waals surface area contributed by atoms with Crippen molar-refractivity contribution in [1.29, 1.82) is 0 Å². The van der Waals surface area contributed by atoms with Crippen molar-refractivity contribution in [3.8, 4) is 11.5 Å². The van der Waals surface area contributed by atoms with Crippen LogP contribution in [0.15, 0.2) is 48.5 Å². The van der Waals surface area contributed by atoms with E-state index in [1.807, 2.05) is 43.3 Å². The maximum atomic E-state index is 12.3. The van der Waals surface area contributed by atoms with Gasteiger partial charge in [0.05, 0.1) is 13.7 Å². The first-order valence-electron chi connectivity index (χ1n) is 7.18. The van der Waals surface area contributed by atoms with Gasteiger partial charge in [-0.1, -0.05) is 36.4 Å². The van der Waals surface area contributed by atoms with Crippen molar-refractivity contribution in [1.82, 2.24) is 0 Å². The van der Waals surface area contributed by atoms with E-state index >= 15 is 0 Å². The average Bonchev–Trinajstić information content (AvgIpc) is 2.56. The molecule has 0 aromatic heterocycles. The highest BCUT2D eigenvalue weighted by Gasteiger charge is 2.18. The van der Waals surface area contributed by atoms with Gasteiger partial charge in [-0.2, -0.15) is 0 Å². The van der Waals surface area contributed by atoms with Gasteiger partial charge in [-0.3, -0.25) is 4.79 Å². The third kappa shape index (κ3) is 4.01. The Morgan fingerprint density at radius 1 is 1.14 bits per heavy atom. The van der Waals surface area contributed by atoms with Crippen LogP contribution in [0.5, 0.6) is 11.5 Å². The lowest BCUT2D eigenvalue weighted by Crippen LogP contribution is -2.17. The third-order valence-electron chi connectivity index (χ3n) is 3.29. The molecule has 0 saturated carbocycles. The van der Waals surface area contributed by atoms with E-state index in [1.165, 1.54) is 0 Å². The molecule has 0 bridgehead atoms. The fraction of sp³-hybridized carbons (Fsp3) is 0.278. The van der Waals surface area contributed by atoms with Gasteiger partial charge >= 0.3 is 0 Å². The fourth-order valence-electron chi connectivity index (χ4n) is 2.20. The molecule has 1 unspecified atom stereocenters. The van der Waals surface area contributed by atoms with E-state index < -0.39 is 5.38 Å². The second kappa shape index (κ2) is 7.85. The van der Waals surface area contributed by atoms with Crippen LogP contribution in [0.1, 0.15) is 22.8 Å². The monoisotopic (exact) mass is 318 g/mol. The number of rotatable bonds is 7. The standard InChI is InChI=1S/C18H19ClO3/c1-3-22-16-10-9-13(12-17(16)21-2)11-15(19)18(20)14-7-5-4-6-8-14/h4-10,12,15H,3,11H2,1-2H3. The summed E-state index contributed by atoms with van der Waals surface area (Å²) in [6, 6.07) is 14.7. The molecule has 2 aromatic rings. The van der Waals surface area contributed by atoms with E-state index in [0.29, 0.717) is 30.1 Å². The van der Waals surface area contributed by atoms with Gasteiger partial charge in [0.2, 0.25) is 0 Å². The Balaban J connectivity index is 2.11. The van der Waals surface area contributed by atoms with Crippen LogP contribution in [-0.2, 0) is 6.42 Å². The van der Waals surface area contributed by atoms with Crippen molar-refractivity contribution in [2.24, 2.45) is 0 Å². The van der Waals surface area contributed by atoms with Crippen molar-refractivity contribution in [2.75, 3.05) is 13.7 Å². The molecule has 1 atom stereocenters. The van der Waals surface area contributed by atoms with Crippen LogP contribution in [0.2, 0.25) is 0 Å². The first-order valence-corrected chi connectivity index (χ1v) is 7.62. The molecule has 0 fully saturated rings. The minimum absolute atomic E-state index is 0.0740. The van der Waals surface area contributed by atoms with Crippen LogP contribution in [0.3, 0.4) is 0 Å². The zero-order valence-electron chi connectivity index (χ0n) is 12.7. The normalized spacial score (nSPS) is 11.8. The van der Waals surface area contributed by atoms with Gasteiger partial charge in [0.1, 0.15) is 5.38 Å². The molecule has 2 rings (SSSR count). The quantitative estimate of drug-likeness (QED) is 0.569. The summed E-state index contributed by atoms with van der Waals surface area (Å²) in [4.78, 5) is 12.3. The Morgan fingerprint density at radius 2 is 1.86 bits per heavy atom. The van der Waals surface area contributed by atoms with Crippen LogP contribution in [0, 0.1) is 0 Å². The van der Waals surface area contributed by atoms with Crippen LogP contribution in [-0.4, -0.2) is 24.9 Å². The first kappa shape index (κ1) is 16.4. The Kier molecular flexibility index (Phi) is 5.84. The van der Waals surface area contributed by atoms with Crippen LogP contribution in [0.4, 0.5) is 0 Å². The average molecular weight is 319 g/mol. The van der Waals surface area contributed by atoms with Gasteiger partial charge in [0.25, 0.3) is 0 Å². The van der Waals surface area contributed by atoms with E-state index in [2.05, 4.69) is 0 Å². The number of alkyl halides is 1. The summed E-state index contributed by atoms with van der Waals surface area (Å²) in [6.07, 6.45) is 0.443. The maximum absolute atomic E-state index is 12.3. The predicted molar refractivity (Wildman–Crippen MR) is 88.3 cm³/mol. The van der Waals surface area contributed by atoms with Crippen molar-refractivity contribution < 1.29 is 14.3 Å². The molecule has 0 radical (unpaired) electrons. The Morgan fingerprint density at radius 3 is 2.50 bits per heavy atom. The number of hydrogen-bond acceptors (Lipinski definition) is 3. The Hall–Kier alpha value is -2.00. The van der Waals surface area contributed by atoms with Crippen molar-refractivity contribution in [3.63, 3.8) is 0 Å². The van der Waals surface area contributed by atoms with Gasteiger partial charge in [0, 0.05) is 5.56 Å². The number of halogens is 1. The van der Waals surface area contributed by atoms with E-state index in [1.54, 1.807) is 19.2 Å². The summed E-state index contributed by atoms with van der Waals surface area (Å²) >= 11 is 6.28. The highest BCUT2D eigenvalue weighted by molar-refractivity contribution is 6.34. The Bertz CT molecular complexity index is 625. The minimum Gasteiger partial charge on any atom is -0.493 e. The molecule has 0 heterocycles. The second-order valence-corrected chi connectivity index (χ2v) is 5.35. The van der Waals surface area contributed by atoms with Crippen LogP contribution < -0.4 is 9.47 Å². The largest absolute Gasteiger partial charge is 0.493 e. The number of ether oxygens (including phenoxy) is 2. The molecular weight excluding hydrogens is 300 g/mol. The topological polar surface area (TPSA) is 35.5 Å². The van der Waals surface area contributed by atoms with Gasteiger partial charge in [-0.05, 0) is 31.0 Å². The maximum Gasteiger partial charge on any atom is 0.180 e. The van der Waals surface area contributed by atoms with E-state index in [9.17, 15) is 4.79 Å². The number of carbonyl (C=O) groups is 1. The minimum atomic E-state index is -0.606. The molecule has 0 saturated heterocycles. The van der Waals surface area contributed by atoms with Gasteiger partial charge in [-0.15, -0.1) is 11.6 Å². The molecule has 0 amide bonds. The van der Waals surface area contributed by atoms with E-state index in [4.69, 9.17) is 21.1 Å². The lowest BCUT2D eigenvalue weighted by molar-refractivity contribution is 0.0986. The fourth-order valence-corrected chi connectivity index (χ4v) is 2.50. The van der Waals surface area contributed by atoms with Crippen LogP contribution in [0.25, 0.3) is 0 Å². The number of benzene rings is 2. The molecule has 0 aliphatic heterocycles. The molecule has 0 spiro atoms. The lowest BCUT2D eigenvalue weighted by Gasteiger charge is -2.13. The molecule has 0 aliphatic carbocycles. The lowest BCUT2D eigenvalue weighted by atomic mass is 10.0. The smallest absolute Gasteiger partial charge is 0.180 e. The van der Waals surface area contributed by atoms with Gasteiger partial charge in [0.15, 0.2) is 17.3 Å². The van der Waals surface area contributed by atoms with Gasteiger partial charge in [-0.25, -0.2) is 0 Å². The number of hydrogen-bond donors (Lipinski definition) is 0. The number of methoxy groups -OCH3 is 1. The van der Waals surface area contributed by atoms with Gasteiger partial charge < -0.3 is 9.47 Å². The van der Waals surface area contributed by atoms with Crippen LogP contribution >= 0.6 is 11.6 Å². The molecule has 3 nitrogen and oxygen atoms in total. The summed E-state index contributed by atoms with van der Waals surface area (Å²) in [7, 11) is 1.59. The zero-order valence-corrected chi connectivity index (χ0v) is 13.5. The molecule has 0 aliphatic rings. The molecule has 116 valence electrons. The zero-order chi connectivity index (χ0) is 15.9. The summed E-state index contributed by atoms with van der Waals surface area (Å²) in [5, 5.41) is -0.606. The SMILES string of the molecule is CCOc1ccc(CC(Cl)C(=O)c2ccccc2)cc1OC. The Labute approximate surface area is 135 Å². The highest BCUT2D eigenvalue weighted by atomic mass is 35.5. The third-order valence-corrected chi connectivity index (χ3v) is 3.64. The number of carbonyl (C=O) groups excluding carboxylic acids is 1. The molecule has 4 heteroatoms. The molecule has 2 aromatic carbocycles. The van der Waals surface area contributed by atoms with Crippen molar-refractivity contribution in [2.45, 2.75) is 18.7 Å². The highest BCUT2D eigenvalue weighted by Crippen LogP contribution is 2.29. The summed E-state index contributed by atoms with van der Waals surface area (Å²) in [6.45, 7) is 2.49. The number of ketones is 1. The molecule has 0 N–H and O–H groups in total. The molecular formula is C18H19ClO3. The van der Waals surface area contributed by atoms with E-state index in [0.717, 1.165) is 5.56 Å². The second-order valence-electron chi connectivity index (χ2n) is 4.82. The first-order chi connectivity index (χ1) is 10.7. The molecule has 22 heavy (non-hydrogen) atoms. The summed E-state index contributed by atoms with van der Waals surface area (Å²) < 4.78 is 10.8. The number of Topliss-reactive ketones (excluding diaryl/α,β-unsaturated/α-hetero) is 1.